The monoisotopic (exact) mass is 547 g/mol. The molecule has 2 aromatic rings. The maximum Gasteiger partial charge on any atom is 0.508 e. The van der Waals surface area contributed by atoms with Crippen LogP contribution in [0.3, 0.4) is 0 Å². The molecule has 0 bridgehead atoms. The van der Waals surface area contributed by atoms with Gasteiger partial charge in [-0.1, -0.05) is 117 Å². The summed E-state index contributed by atoms with van der Waals surface area (Å²) in [5.74, 6) is 1.66. The smallest absolute Gasteiger partial charge is 0.431 e. The first kappa shape index (κ1) is 30.6. The molecule has 0 unspecified atom stereocenters. The van der Waals surface area contributed by atoms with Gasteiger partial charge in [-0.25, -0.2) is 4.79 Å². The maximum atomic E-state index is 12.9. The predicted molar refractivity (Wildman–Crippen MR) is 165 cm³/mol. The van der Waals surface area contributed by atoms with Gasteiger partial charge in [0.25, 0.3) is 0 Å². The van der Waals surface area contributed by atoms with Crippen molar-refractivity contribution < 1.29 is 14.3 Å². The topological polar surface area (TPSA) is 47.6 Å². The van der Waals surface area contributed by atoms with Gasteiger partial charge < -0.3 is 14.8 Å². The first-order chi connectivity index (χ1) is 18.7. The second kappa shape index (κ2) is 12.3. The molecule has 4 nitrogen and oxygen atoms in total. The second-order valence-corrected chi connectivity index (χ2v) is 14.9. The van der Waals surface area contributed by atoms with Crippen molar-refractivity contribution in [1.82, 2.24) is 5.32 Å². The third kappa shape index (κ3) is 7.49. The zero-order valence-corrected chi connectivity index (χ0v) is 26.4. The lowest BCUT2D eigenvalue weighted by atomic mass is 9.75. The summed E-state index contributed by atoms with van der Waals surface area (Å²) in [4.78, 5) is 12.9. The van der Waals surface area contributed by atoms with E-state index in [0.717, 1.165) is 19.3 Å². The molecule has 1 saturated carbocycles. The highest BCUT2D eigenvalue weighted by molar-refractivity contribution is 5.60. The Kier molecular flexibility index (Phi) is 9.39. The molecular weight excluding hydrogens is 494 g/mol. The van der Waals surface area contributed by atoms with Crippen LogP contribution >= 0.6 is 0 Å². The molecule has 2 aromatic carbocycles. The molecule has 4 heteroatoms. The predicted octanol–water partition coefficient (Wildman–Crippen LogP) is 8.76. The number of ether oxygens (including phenoxy) is 2. The summed E-state index contributed by atoms with van der Waals surface area (Å²) in [5.41, 5.74) is 5.45. The van der Waals surface area contributed by atoms with Gasteiger partial charge >= 0.3 is 6.16 Å². The molecule has 1 heterocycles. The van der Waals surface area contributed by atoms with E-state index in [2.05, 4.69) is 116 Å². The molecule has 2 fully saturated rings. The summed E-state index contributed by atoms with van der Waals surface area (Å²) in [6.45, 7) is 20.9. The van der Waals surface area contributed by atoms with E-state index in [-0.39, 0.29) is 35.0 Å². The van der Waals surface area contributed by atoms with E-state index in [9.17, 15) is 4.79 Å². The summed E-state index contributed by atoms with van der Waals surface area (Å²) < 4.78 is 11.9. The molecule has 1 N–H and O–H groups in total. The van der Waals surface area contributed by atoms with Crippen LogP contribution in [-0.4, -0.2) is 30.9 Å². The lowest BCUT2D eigenvalue weighted by Gasteiger charge is -2.36. The van der Waals surface area contributed by atoms with Gasteiger partial charge in [0.1, 0.15) is 12.2 Å². The van der Waals surface area contributed by atoms with Crippen LogP contribution < -0.4 is 5.32 Å². The molecule has 1 saturated heterocycles. The first-order valence-corrected chi connectivity index (χ1v) is 15.5. The SMILES string of the molecule is CC(C)[C@@H]1CC[C@@H](C)C[C@H]1OC(=O)O[C@H]1CN[C@@H](C(c2ccc(C(C)(C)C)cc2)c2ccc(C(C)(C)C)cc2)C1. The fourth-order valence-electron chi connectivity index (χ4n) is 6.65. The highest BCUT2D eigenvalue weighted by Gasteiger charge is 2.37. The molecule has 0 amide bonds. The molecule has 5 atom stereocenters. The molecule has 0 radical (unpaired) electrons. The quantitative estimate of drug-likeness (QED) is 0.367. The minimum absolute atomic E-state index is 0.0446. The van der Waals surface area contributed by atoms with Gasteiger partial charge in [0, 0.05) is 24.9 Å². The minimum atomic E-state index is -0.502. The third-order valence-corrected chi connectivity index (χ3v) is 9.27. The zero-order valence-electron chi connectivity index (χ0n) is 26.4. The summed E-state index contributed by atoms with van der Waals surface area (Å²) in [6, 6.07) is 18.4. The van der Waals surface area contributed by atoms with Crippen LogP contribution in [0.1, 0.15) is 116 Å². The summed E-state index contributed by atoms with van der Waals surface area (Å²) >= 11 is 0. The number of carbonyl (C=O) groups excluding carboxylic acids is 1. The largest absolute Gasteiger partial charge is 0.508 e. The number of hydrogen-bond acceptors (Lipinski definition) is 4. The average Bonchev–Trinajstić information content (AvgIpc) is 3.31. The highest BCUT2D eigenvalue weighted by atomic mass is 16.7. The van der Waals surface area contributed by atoms with Crippen molar-refractivity contribution in [3.05, 3.63) is 70.8 Å². The van der Waals surface area contributed by atoms with E-state index in [4.69, 9.17) is 9.47 Å². The Hall–Kier alpha value is -2.33. The number of rotatable bonds is 6. The lowest BCUT2D eigenvalue weighted by Crippen LogP contribution is -2.36. The Morgan fingerprint density at radius 1 is 0.800 bits per heavy atom. The van der Waals surface area contributed by atoms with Gasteiger partial charge in [-0.3, -0.25) is 0 Å². The van der Waals surface area contributed by atoms with Crippen LogP contribution in [0.4, 0.5) is 4.79 Å². The molecule has 1 aliphatic carbocycles. The van der Waals surface area contributed by atoms with Crippen molar-refractivity contribution in [2.24, 2.45) is 17.8 Å². The van der Waals surface area contributed by atoms with Crippen molar-refractivity contribution in [2.45, 2.75) is 123 Å². The van der Waals surface area contributed by atoms with Gasteiger partial charge in [0.15, 0.2) is 0 Å². The highest BCUT2D eigenvalue weighted by Crippen LogP contribution is 2.37. The lowest BCUT2D eigenvalue weighted by molar-refractivity contribution is -0.0428. The molecule has 0 aromatic heterocycles. The van der Waals surface area contributed by atoms with Gasteiger partial charge in [-0.05, 0) is 63.7 Å². The van der Waals surface area contributed by atoms with E-state index in [1.165, 1.54) is 28.7 Å². The standard InChI is InChI=1S/C36H53NO3/c1-23(2)30-19-10-24(3)20-32(30)40-34(38)39-29-21-31(37-22-29)33(25-11-15-27(16-12-25)35(4,5)6)26-13-17-28(18-14-26)36(7,8)9/h11-18,23-24,29-33,37H,10,19-22H2,1-9H3/t24-,29-,30+,31-,32-/m1/s1. The van der Waals surface area contributed by atoms with Crippen LogP contribution in [0.2, 0.25) is 0 Å². The Bertz CT molecular complexity index is 1050. The summed E-state index contributed by atoms with van der Waals surface area (Å²) in [5, 5.41) is 3.70. The van der Waals surface area contributed by atoms with Gasteiger partial charge in [-0.2, -0.15) is 0 Å². The molecule has 4 rings (SSSR count). The van der Waals surface area contributed by atoms with Gasteiger partial charge in [-0.15, -0.1) is 0 Å². The van der Waals surface area contributed by atoms with E-state index in [1.807, 2.05) is 0 Å². The van der Waals surface area contributed by atoms with Crippen LogP contribution in [0.15, 0.2) is 48.5 Å². The molecular formula is C36H53NO3. The normalized spacial score (nSPS) is 25.8. The Labute approximate surface area is 243 Å². The van der Waals surface area contributed by atoms with Crippen LogP contribution in [0.5, 0.6) is 0 Å². The Morgan fingerprint density at radius 2 is 1.32 bits per heavy atom. The Morgan fingerprint density at radius 3 is 1.80 bits per heavy atom. The molecule has 220 valence electrons. The number of hydrogen-bond donors (Lipinski definition) is 1. The summed E-state index contributed by atoms with van der Waals surface area (Å²) in [7, 11) is 0. The van der Waals surface area contributed by atoms with E-state index in [0.29, 0.717) is 24.3 Å². The molecule has 1 aliphatic heterocycles. The van der Waals surface area contributed by atoms with Crippen molar-refractivity contribution in [1.29, 1.82) is 0 Å². The zero-order chi connectivity index (χ0) is 29.2. The second-order valence-electron chi connectivity index (χ2n) is 14.9. The molecule has 0 spiro atoms. The number of carbonyl (C=O) groups is 1. The van der Waals surface area contributed by atoms with E-state index >= 15 is 0 Å². The van der Waals surface area contributed by atoms with Crippen LogP contribution in [0, 0.1) is 17.8 Å². The molecule has 2 aliphatic rings. The van der Waals surface area contributed by atoms with E-state index < -0.39 is 6.16 Å². The Balaban J connectivity index is 1.49. The van der Waals surface area contributed by atoms with Crippen LogP contribution in [0.25, 0.3) is 0 Å². The number of benzene rings is 2. The van der Waals surface area contributed by atoms with Crippen LogP contribution in [-0.2, 0) is 20.3 Å². The first-order valence-electron chi connectivity index (χ1n) is 15.5. The minimum Gasteiger partial charge on any atom is -0.431 e. The molecule has 40 heavy (non-hydrogen) atoms. The van der Waals surface area contributed by atoms with Gasteiger partial charge in [0.2, 0.25) is 0 Å². The van der Waals surface area contributed by atoms with Crippen molar-refractivity contribution in [2.75, 3.05) is 6.54 Å². The van der Waals surface area contributed by atoms with Crippen molar-refractivity contribution >= 4 is 6.16 Å². The number of nitrogens with one attached hydrogen (secondary N) is 1. The van der Waals surface area contributed by atoms with Crippen molar-refractivity contribution in [3.63, 3.8) is 0 Å². The average molecular weight is 548 g/mol. The fraction of sp³-hybridized carbons (Fsp3) is 0.639. The van der Waals surface area contributed by atoms with Crippen molar-refractivity contribution in [3.8, 4) is 0 Å². The third-order valence-electron chi connectivity index (χ3n) is 9.27. The van der Waals surface area contributed by atoms with Gasteiger partial charge in [0.05, 0.1) is 0 Å². The fourth-order valence-corrected chi connectivity index (χ4v) is 6.65. The van der Waals surface area contributed by atoms with E-state index in [1.54, 1.807) is 0 Å². The summed E-state index contributed by atoms with van der Waals surface area (Å²) in [6.07, 6.45) is 3.28. The maximum absolute atomic E-state index is 12.9.